The fourth-order valence-corrected chi connectivity index (χ4v) is 1.92. The summed E-state index contributed by atoms with van der Waals surface area (Å²) in [4.78, 5) is 11.9. The molecule has 0 spiro atoms. The summed E-state index contributed by atoms with van der Waals surface area (Å²) in [6, 6.07) is 4.00. The van der Waals surface area contributed by atoms with Crippen LogP contribution in [-0.4, -0.2) is 15.7 Å². The van der Waals surface area contributed by atoms with Gasteiger partial charge in [-0.15, -0.1) is 0 Å². The highest BCUT2D eigenvalue weighted by atomic mass is 35.5. The van der Waals surface area contributed by atoms with Crippen molar-refractivity contribution in [2.24, 2.45) is 0 Å². The number of carbonyl (C=O) groups excluding carboxylic acids is 1. The molecule has 2 aromatic rings. The van der Waals surface area contributed by atoms with Gasteiger partial charge in [0.15, 0.2) is 0 Å². The molecule has 0 atom stereocenters. The van der Waals surface area contributed by atoms with E-state index in [9.17, 15) is 9.18 Å². The summed E-state index contributed by atoms with van der Waals surface area (Å²) in [5, 5.41) is 7.33. The average Bonchev–Trinajstić information content (AvgIpc) is 2.61. The number of hydrogen-bond acceptors (Lipinski definition) is 3. The first-order valence-corrected chi connectivity index (χ1v) is 6.30. The fourth-order valence-electron chi connectivity index (χ4n) is 1.79. The molecule has 20 heavy (non-hydrogen) atoms. The second-order valence-electron chi connectivity index (χ2n) is 4.43. The van der Waals surface area contributed by atoms with Gasteiger partial charge < -0.3 is 11.1 Å². The van der Waals surface area contributed by atoms with Crippen molar-refractivity contribution >= 4 is 28.9 Å². The molecule has 7 heteroatoms. The molecule has 3 N–H and O–H groups in total. The Morgan fingerprint density at radius 2 is 2.20 bits per heavy atom. The number of nitrogens with zero attached hydrogens (tertiary/aromatic N) is 2. The first-order valence-electron chi connectivity index (χ1n) is 5.93. The number of hydrogen-bond donors (Lipinski definition) is 2. The van der Waals surface area contributed by atoms with E-state index in [2.05, 4.69) is 10.4 Å². The van der Waals surface area contributed by atoms with Crippen LogP contribution in [0.2, 0.25) is 5.02 Å². The SMILES string of the molecule is Cc1nn(CC(=O)Nc2ccc(F)c(N)c2)c(C)c1Cl. The van der Waals surface area contributed by atoms with Crippen molar-refractivity contribution in [2.45, 2.75) is 20.4 Å². The van der Waals surface area contributed by atoms with Crippen molar-refractivity contribution in [3.63, 3.8) is 0 Å². The van der Waals surface area contributed by atoms with E-state index in [0.29, 0.717) is 16.4 Å². The molecular weight excluding hydrogens is 283 g/mol. The summed E-state index contributed by atoms with van der Waals surface area (Å²) in [6.45, 7) is 3.58. The summed E-state index contributed by atoms with van der Waals surface area (Å²) in [5.41, 5.74) is 7.24. The number of rotatable bonds is 3. The fraction of sp³-hybridized carbons (Fsp3) is 0.231. The summed E-state index contributed by atoms with van der Waals surface area (Å²) in [5.74, 6) is -0.813. The molecule has 106 valence electrons. The highest BCUT2D eigenvalue weighted by Crippen LogP contribution is 2.19. The Kier molecular flexibility index (Phi) is 3.94. The molecule has 1 amide bonds. The van der Waals surface area contributed by atoms with Crippen LogP contribution in [0.3, 0.4) is 0 Å². The first kappa shape index (κ1) is 14.3. The van der Waals surface area contributed by atoms with E-state index in [0.717, 1.165) is 5.69 Å². The number of carbonyl (C=O) groups is 1. The largest absolute Gasteiger partial charge is 0.396 e. The molecule has 0 aliphatic rings. The van der Waals surface area contributed by atoms with Crippen LogP contribution in [0.25, 0.3) is 0 Å². The summed E-state index contributed by atoms with van der Waals surface area (Å²) in [7, 11) is 0. The molecule has 0 saturated heterocycles. The lowest BCUT2D eigenvalue weighted by atomic mass is 10.2. The highest BCUT2D eigenvalue weighted by Gasteiger charge is 2.12. The van der Waals surface area contributed by atoms with E-state index >= 15 is 0 Å². The van der Waals surface area contributed by atoms with Crippen molar-refractivity contribution in [3.05, 3.63) is 40.4 Å². The number of benzene rings is 1. The van der Waals surface area contributed by atoms with Crippen molar-refractivity contribution < 1.29 is 9.18 Å². The Balaban J connectivity index is 2.09. The van der Waals surface area contributed by atoms with E-state index in [-0.39, 0.29) is 18.1 Å². The first-order chi connectivity index (χ1) is 9.38. The van der Waals surface area contributed by atoms with Gasteiger partial charge in [0.2, 0.25) is 5.91 Å². The van der Waals surface area contributed by atoms with Crippen LogP contribution in [0, 0.1) is 19.7 Å². The number of nitrogens with one attached hydrogen (secondary N) is 1. The van der Waals surface area contributed by atoms with E-state index < -0.39 is 5.82 Å². The molecule has 0 unspecified atom stereocenters. The third kappa shape index (κ3) is 2.91. The molecule has 0 aliphatic carbocycles. The van der Waals surface area contributed by atoms with Gasteiger partial charge in [-0.1, -0.05) is 11.6 Å². The van der Waals surface area contributed by atoms with Gasteiger partial charge in [0.05, 0.1) is 22.1 Å². The lowest BCUT2D eigenvalue weighted by Crippen LogP contribution is -2.20. The maximum atomic E-state index is 13.0. The summed E-state index contributed by atoms with van der Waals surface area (Å²) in [6.07, 6.45) is 0. The van der Waals surface area contributed by atoms with Crippen LogP contribution in [0.4, 0.5) is 15.8 Å². The normalized spacial score (nSPS) is 10.6. The molecule has 0 fully saturated rings. The number of amides is 1. The Morgan fingerprint density at radius 3 is 2.75 bits per heavy atom. The predicted octanol–water partition coefficient (Wildman–Crippen LogP) is 2.51. The minimum Gasteiger partial charge on any atom is -0.396 e. The van der Waals surface area contributed by atoms with Crippen molar-refractivity contribution in [3.8, 4) is 0 Å². The average molecular weight is 297 g/mol. The molecule has 0 aliphatic heterocycles. The van der Waals surface area contributed by atoms with Crippen LogP contribution < -0.4 is 11.1 Å². The minimum atomic E-state index is -0.520. The maximum Gasteiger partial charge on any atom is 0.246 e. The van der Waals surface area contributed by atoms with Gasteiger partial charge >= 0.3 is 0 Å². The summed E-state index contributed by atoms with van der Waals surface area (Å²) < 4.78 is 14.5. The van der Waals surface area contributed by atoms with Crippen LogP contribution in [0.5, 0.6) is 0 Å². The lowest BCUT2D eigenvalue weighted by molar-refractivity contribution is -0.116. The minimum absolute atomic E-state index is 0.0167. The monoisotopic (exact) mass is 296 g/mol. The third-order valence-electron chi connectivity index (χ3n) is 2.87. The van der Waals surface area contributed by atoms with E-state index in [1.165, 1.54) is 22.9 Å². The number of anilines is 2. The van der Waals surface area contributed by atoms with Crippen LogP contribution in [-0.2, 0) is 11.3 Å². The van der Waals surface area contributed by atoms with Gasteiger partial charge in [0.25, 0.3) is 0 Å². The second-order valence-corrected chi connectivity index (χ2v) is 4.80. The maximum absolute atomic E-state index is 13.0. The second kappa shape index (κ2) is 5.50. The van der Waals surface area contributed by atoms with Crippen LogP contribution >= 0.6 is 11.6 Å². The number of nitrogens with two attached hydrogens (primary N) is 1. The molecule has 5 nitrogen and oxygen atoms in total. The number of aromatic nitrogens is 2. The van der Waals surface area contributed by atoms with Crippen LogP contribution in [0.15, 0.2) is 18.2 Å². The van der Waals surface area contributed by atoms with Crippen molar-refractivity contribution in [2.75, 3.05) is 11.1 Å². The Morgan fingerprint density at radius 1 is 1.50 bits per heavy atom. The quantitative estimate of drug-likeness (QED) is 0.855. The van der Waals surface area contributed by atoms with Crippen molar-refractivity contribution in [1.29, 1.82) is 0 Å². The third-order valence-corrected chi connectivity index (χ3v) is 3.41. The zero-order chi connectivity index (χ0) is 14.9. The lowest BCUT2D eigenvalue weighted by Gasteiger charge is -2.07. The molecule has 1 aromatic heterocycles. The molecular formula is C13H14ClFN4O. The zero-order valence-corrected chi connectivity index (χ0v) is 11.8. The molecule has 0 saturated carbocycles. The molecule has 0 radical (unpaired) electrons. The van der Waals surface area contributed by atoms with Gasteiger partial charge in [0.1, 0.15) is 12.4 Å². The molecule has 1 aromatic carbocycles. The molecule has 1 heterocycles. The standard InChI is InChI=1S/C13H14ClFN4O/c1-7-13(14)8(2)19(18-7)6-12(20)17-9-3-4-10(15)11(16)5-9/h3-5H,6,16H2,1-2H3,(H,17,20). The van der Waals surface area contributed by atoms with Crippen LogP contribution in [0.1, 0.15) is 11.4 Å². The Hall–Kier alpha value is -2.08. The number of nitrogen functional groups attached to an aromatic ring is 1. The Labute approximate surface area is 120 Å². The highest BCUT2D eigenvalue weighted by molar-refractivity contribution is 6.31. The van der Waals surface area contributed by atoms with Gasteiger partial charge in [-0.3, -0.25) is 9.48 Å². The molecule has 0 bridgehead atoms. The Bertz CT molecular complexity index is 669. The van der Waals surface area contributed by atoms with Gasteiger partial charge in [-0.25, -0.2) is 4.39 Å². The van der Waals surface area contributed by atoms with Gasteiger partial charge in [-0.05, 0) is 32.0 Å². The number of halogens is 2. The molecule has 2 rings (SSSR count). The topological polar surface area (TPSA) is 72.9 Å². The summed E-state index contributed by atoms with van der Waals surface area (Å²) >= 11 is 6.01. The number of aryl methyl sites for hydroxylation is 1. The van der Waals surface area contributed by atoms with E-state index in [1.54, 1.807) is 13.8 Å². The predicted molar refractivity (Wildman–Crippen MR) is 76.2 cm³/mol. The van der Waals surface area contributed by atoms with E-state index in [4.69, 9.17) is 17.3 Å². The van der Waals surface area contributed by atoms with Gasteiger partial charge in [0, 0.05) is 5.69 Å². The van der Waals surface area contributed by atoms with Crippen molar-refractivity contribution in [1.82, 2.24) is 9.78 Å². The van der Waals surface area contributed by atoms with E-state index in [1.807, 2.05) is 0 Å². The smallest absolute Gasteiger partial charge is 0.246 e. The van der Waals surface area contributed by atoms with Gasteiger partial charge in [-0.2, -0.15) is 5.10 Å². The zero-order valence-electron chi connectivity index (χ0n) is 11.1.